The lowest BCUT2D eigenvalue weighted by molar-refractivity contribution is -0.892. The summed E-state index contributed by atoms with van der Waals surface area (Å²) in [4.78, 5) is 16.1. The van der Waals surface area contributed by atoms with Crippen molar-refractivity contribution in [3.8, 4) is 0 Å². The van der Waals surface area contributed by atoms with Crippen molar-refractivity contribution >= 4 is 38.7 Å². The zero-order valence-corrected chi connectivity index (χ0v) is 17.6. The normalized spacial score (nSPS) is 15.5. The minimum absolute atomic E-state index is 0.118. The Bertz CT molecular complexity index is 970. The molecule has 3 rings (SSSR count). The summed E-state index contributed by atoms with van der Waals surface area (Å²) < 4.78 is 23.3. The van der Waals surface area contributed by atoms with Crippen molar-refractivity contribution in [3.05, 3.63) is 53.1 Å². The Morgan fingerprint density at radius 3 is 2.57 bits per heavy atom. The number of sulfone groups is 1. The fraction of sp³-hybridized carbons (Fsp3) is 0.350. The van der Waals surface area contributed by atoms with Crippen LogP contribution in [0.5, 0.6) is 0 Å². The number of nitrogens with zero attached hydrogens (tertiary/aromatic N) is 1. The number of hydrogen-bond donors (Lipinski definition) is 2. The molecule has 0 aromatic heterocycles. The summed E-state index contributed by atoms with van der Waals surface area (Å²) >= 11 is 6.13. The highest BCUT2D eigenvalue weighted by molar-refractivity contribution is 7.90. The highest BCUT2D eigenvalue weighted by atomic mass is 35.5. The Kier molecular flexibility index (Phi) is 6.27. The van der Waals surface area contributed by atoms with Crippen molar-refractivity contribution in [3.63, 3.8) is 0 Å². The number of carbonyl (C=O) groups excluding carboxylic acids is 1. The van der Waals surface area contributed by atoms with E-state index in [1.165, 1.54) is 22.6 Å². The van der Waals surface area contributed by atoms with Crippen molar-refractivity contribution in [2.45, 2.75) is 11.8 Å². The Morgan fingerprint density at radius 1 is 1.18 bits per heavy atom. The predicted molar refractivity (Wildman–Crippen MR) is 112 cm³/mol. The molecule has 1 aliphatic heterocycles. The average molecular weight is 423 g/mol. The van der Waals surface area contributed by atoms with Gasteiger partial charge in [0.1, 0.15) is 0 Å². The van der Waals surface area contributed by atoms with Gasteiger partial charge in [-0.05, 0) is 42.8 Å². The molecule has 2 aromatic rings. The van der Waals surface area contributed by atoms with E-state index in [-0.39, 0.29) is 10.8 Å². The Balaban J connectivity index is 1.55. The molecule has 150 valence electrons. The summed E-state index contributed by atoms with van der Waals surface area (Å²) in [6.07, 6.45) is 1.15. The van der Waals surface area contributed by atoms with E-state index in [0.717, 1.165) is 43.1 Å². The minimum Gasteiger partial charge on any atom is -0.360 e. The third-order valence-electron chi connectivity index (χ3n) is 4.94. The van der Waals surface area contributed by atoms with Crippen LogP contribution in [0.25, 0.3) is 0 Å². The van der Waals surface area contributed by atoms with E-state index in [1.807, 2.05) is 18.2 Å². The maximum atomic E-state index is 12.4. The number of anilines is 2. The highest BCUT2D eigenvalue weighted by Crippen LogP contribution is 2.24. The van der Waals surface area contributed by atoms with Crippen LogP contribution in [-0.4, -0.2) is 53.3 Å². The minimum atomic E-state index is -3.30. The molecule has 1 fully saturated rings. The maximum absolute atomic E-state index is 12.4. The molecule has 1 heterocycles. The maximum Gasteiger partial charge on any atom is 0.279 e. The number of carbonyl (C=O) groups is 1. The highest BCUT2D eigenvalue weighted by Gasteiger charge is 2.23. The Morgan fingerprint density at radius 2 is 1.89 bits per heavy atom. The number of nitrogens with one attached hydrogen (secondary N) is 2. The molecule has 8 heteroatoms. The molecule has 0 radical (unpaired) electrons. The molecule has 1 aliphatic rings. The van der Waals surface area contributed by atoms with Crippen LogP contribution in [0.4, 0.5) is 11.4 Å². The van der Waals surface area contributed by atoms with Gasteiger partial charge in [0.15, 0.2) is 16.4 Å². The van der Waals surface area contributed by atoms with Crippen LogP contribution in [0.3, 0.4) is 0 Å². The quantitative estimate of drug-likeness (QED) is 0.764. The monoisotopic (exact) mass is 422 g/mol. The van der Waals surface area contributed by atoms with Crippen LogP contribution < -0.4 is 15.1 Å². The van der Waals surface area contributed by atoms with Crippen molar-refractivity contribution in [1.29, 1.82) is 0 Å². The van der Waals surface area contributed by atoms with Gasteiger partial charge in [-0.3, -0.25) is 4.79 Å². The number of benzene rings is 2. The zero-order chi connectivity index (χ0) is 20.3. The van der Waals surface area contributed by atoms with Crippen LogP contribution in [0.15, 0.2) is 47.4 Å². The summed E-state index contributed by atoms with van der Waals surface area (Å²) in [6, 6.07) is 12.2. The summed E-state index contributed by atoms with van der Waals surface area (Å²) in [6.45, 7) is 5.83. The fourth-order valence-corrected chi connectivity index (χ4v) is 4.23. The standard InChI is InChI=1S/C20H24ClN3O3S/c1-15-6-7-16(21)12-19(15)24-10-8-23(9-11-24)14-20(25)22-17-4-3-5-18(13-17)28(2,26)27/h3-7,12-13H,8-11,14H2,1-2H3,(H,22,25)/p+1. The van der Waals surface area contributed by atoms with E-state index in [9.17, 15) is 13.2 Å². The first-order chi connectivity index (χ1) is 13.2. The van der Waals surface area contributed by atoms with Gasteiger partial charge in [0, 0.05) is 22.7 Å². The molecule has 0 aliphatic carbocycles. The fourth-order valence-electron chi connectivity index (χ4n) is 3.40. The van der Waals surface area contributed by atoms with Gasteiger partial charge in [-0.2, -0.15) is 0 Å². The van der Waals surface area contributed by atoms with Crippen LogP contribution >= 0.6 is 11.6 Å². The van der Waals surface area contributed by atoms with Gasteiger partial charge in [-0.15, -0.1) is 0 Å². The van der Waals surface area contributed by atoms with Crippen molar-refractivity contribution in [2.24, 2.45) is 0 Å². The molecule has 2 aromatic carbocycles. The van der Waals surface area contributed by atoms with Gasteiger partial charge in [-0.25, -0.2) is 8.42 Å². The molecule has 0 saturated carbocycles. The van der Waals surface area contributed by atoms with Gasteiger partial charge in [0.2, 0.25) is 0 Å². The molecule has 2 N–H and O–H groups in total. The van der Waals surface area contributed by atoms with Crippen LogP contribution in [0.1, 0.15) is 5.56 Å². The Hall–Kier alpha value is -2.09. The van der Waals surface area contributed by atoms with Gasteiger partial charge < -0.3 is 15.1 Å². The summed E-state index contributed by atoms with van der Waals surface area (Å²) in [5, 5.41) is 3.53. The molecule has 1 amide bonds. The van der Waals surface area contributed by atoms with Gasteiger partial charge in [0.05, 0.1) is 31.1 Å². The number of aryl methyl sites for hydroxylation is 1. The second kappa shape index (κ2) is 8.51. The summed E-state index contributed by atoms with van der Waals surface area (Å²) in [7, 11) is -3.30. The number of halogens is 1. The molecular formula is C20H25ClN3O3S+. The van der Waals surface area contributed by atoms with E-state index < -0.39 is 9.84 Å². The Labute approximate surface area is 171 Å². The van der Waals surface area contributed by atoms with Gasteiger partial charge in [0.25, 0.3) is 5.91 Å². The molecule has 6 nitrogen and oxygen atoms in total. The number of rotatable bonds is 5. The lowest BCUT2D eigenvalue weighted by Crippen LogP contribution is -3.15. The third-order valence-corrected chi connectivity index (χ3v) is 6.28. The summed E-state index contributed by atoms with van der Waals surface area (Å²) in [5.41, 5.74) is 2.84. The van der Waals surface area contributed by atoms with Crippen LogP contribution in [0.2, 0.25) is 5.02 Å². The molecule has 0 unspecified atom stereocenters. The first-order valence-corrected chi connectivity index (χ1v) is 11.4. The van der Waals surface area contributed by atoms with E-state index in [4.69, 9.17) is 11.6 Å². The molecule has 28 heavy (non-hydrogen) atoms. The SMILES string of the molecule is Cc1ccc(Cl)cc1N1CC[NH+](CC(=O)Nc2cccc(S(C)(=O)=O)c2)CC1. The smallest absolute Gasteiger partial charge is 0.279 e. The van der Waals surface area contributed by atoms with Gasteiger partial charge >= 0.3 is 0 Å². The zero-order valence-electron chi connectivity index (χ0n) is 16.0. The van der Waals surface area contributed by atoms with Gasteiger partial charge in [-0.1, -0.05) is 23.7 Å². The topological polar surface area (TPSA) is 70.9 Å². The second-order valence-electron chi connectivity index (χ2n) is 7.19. The largest absolute Gasteiger partial charge is 0.360 e. The number of quaternary nitrogens is 1. The van der Waals surface area contributed by atoms with E-state index >= 15 is 0 Å². The lowest BCUT2D eigenvalue weighted by Gasteiger charge is -2.34. The first-order valence-electron chi connectivity index (χ1n) is 9.17. The second-order valence-corrected chi connectivity index (χ2v) is 9.64. The lowest BCUT2D eigenvalue weighted by atomic mass is 10.1. The van der Waals surface area contributed by atoms with Crippen molar-refractivity contribution < 1.29 is 18.1 Å². The van der Waals surface area contributed by atoms with Crippen LogP contribution in [0, 0.1) is 6.92 Å². The first kappa shape index (κ1) is 20.6. The third kappa shape index (κ3) is 5.25. The molecular weight excluding hydrogens is 398 g/mol. The number of amides is 1. The predicted octanol–water partition coefficient (Wildman–Crippen LogP) is 1.40. The molecule has 0 bridgehead atoms. The van der Waals surface area contributed by atoms with E-state index in [0.29, 0.717) is 12.2 Å². The van der Waals surface area contributed by atoms with Crippen molar-refractivity contribution in [1.82, 2.24) is 0 Å². The number of hydrogen-bond acceptors (Lipinski definition) is 4. The molecule has 0 atom stereocenters. The van der Waals surface area contributed by atoms with E-state index in [1.54, 1.807) is 12.1 Å². The molecule has 1 saturated heterocycles. The van der Waals surface area contributed by atoms with E-state index in [2.05, 4.69) is 17.1 Å². The van der Waals surface area contributed by atoms with Crippen molar-refractivity contribution in [2.75, 3.05) is 49.2 Å². The summed E-state index contributed by atoms with van der Waals surface area (Å²) in [5.74, 6) is -0.118. The molecule has 0 spiro atoms. The number of piperazine rings is 1. The average Bonchev–Trinajstić information content (AvgIpc) is 2.64. The van der Waals surface area contributed by atoms with Crippen LogP contribution in [-0.2, 0) is 14.6 Å².